The van der Waals surface area contributed by atoms with E-state index in [4.69, 9.17) is 0 Å². The molecule has 0 bridgehead atoms. The van der Waals surface area contributed by atoms with Crippen LogP contribution in [0.1, 0.15) is 87.7 Å². The molecule has 0 saturated carbocycles. The molecule has 44 heavy (non-hydrogen) atoms. The third-order valence-corrected chi connectivity index (χ3v) is 33.3. The fourth-order valence-corrected chi connectivity index (χ4v) is 31.8. The molecule has 2 aliphatic carbocycles. The minimum atomic E-state index is -2.97. The zero-order valence-electron chi connectivity index (χ0n) is 26.7. The van der Waals surface area contributed by atoms with Crippen LogP contribution in [0.15, 0.2) is 96.1 Å². The van der Waals surface area contributed by atoms with E-state index >= 15 is 0 Å². The number of allylic oxidation sites excluding steroid dienone is 2. The monoisotopic (exact) mass is 788 g/mol. The first-order valence-electron chi connectivity index (χ1n) is 16.5. The van der Waals surface area contributed by atoms with Crippen molar-refractivity contribution in [2.75, 3.05) is 0 Å². The van der Waals surface area contributed by atoms with Crippen LogP contribution in [0.2, 0.25) is 8.35 Å². The van der Waals surface area contributed by atoms with Gasteiger partial charge in [-0.25, -0.2) is 0 Å². The molecular weight excluding hydrogens is 742 g/mol. The van der Waals surface area contributed by atoms with E-state index in [2.05, 4.69) is 125 Å². The summed E-state index contributed by atoms with van der Waals surface area (Å²) in [5, 5.41) is 0. The summed E-state index contributed by atoms with van der Waals surface area (Å²) in [6.07, 6.45) is 11.2. The predicted octanol–water partition coefficient (Wildman–Crippen LogP) is 12.8. The number of aryl methyl sites for hydroxylation is 2. The van der Waals surface area contributed by atoms with Gasteiger partial charge in [0.1, 0.15) is 0 Å². The summed E-state index contributed by atoms with van der Waals surface area (Å²) < 4.78 is 4.47. The average molecular weight is 788 g/mol. The third-order valence-electron chi connectivity index (χ3n) is 10.9. The Morgan fingerprint density at radius 2 is 0.932 bits per heavy atom. The van der Waals surface area contributed by atoms with Gasteiger partial charge in [0.05, 0.1) is 0 Å². The number of benzene rings is 4. The molecule has 0 N–H and O–H groups in total. The molecule has 2 unspecified atom stereocenters. The minimum absolute atomic E-state index is 0. The maximum Gasteiger partial charge on any atom is -0.147 e. The summed E-state index contributed by atoms with van der Waals surface area (Å²) >= 11 is -2.97. The van der Waals surface area contributed by atoms with Crippen LogP contribution in [0.3, 0.4) is 0 Å². The van der Waals surface area contributed by atoms with E-state index in [0.717, 1.165) is 12.8 Å². The molecule has 0 radical (unpaired) electrons. The molecule has 1 fully saturated rings. The van der Waals surface area contributed by atoms with Crippen molar-refractivity contribution in [2.24, 2.45) is 0 Å². The molecular formula is C41H46Cl2Hf. The second-order valence-corrected chi connectivity index (χ2v) is 29.4. The first kappa shape index (κ1) is 33.2. The molecule has 0 aromatic heterocycles. The number of halogens is 2. The van der Waals surface area contributed by atoms with Gasteiger partial charge in [-0.3, -0.25) is 0 Å². The van der Waals surface area contributed by atoms with E-state index < -0.39 is 20.0 Å². The smallest absolute Gasteiger partial charge is 0.147 e. The van der Waals surface area contributed by atoms with Crippen LogP contribution in [0.25, 0.3) is 34.4 Å². The fourth-order valence-electron chi connectivity index (χ4n) is 8.57. The van der Waals surface area contributed by atoms with Gasteiger partial charge < -0.3 is 0 Å². The summed E-state index contributed by atoms with van der Waals surface area (Å²) in [4.78, 5) is 0. The number of fused-ring (bicyclic) bond motifs is 2. The largest absolute Gasteiger partial charge is 0.147 e. The first-order chi connectivity index (χ1) is 20.6. The van der Waals surface area contributed by atoms with Crippen molar-refractivity contribution in [3.63, 3.8) is 0 Å². The van der Waals surface area contributed by atoms with Crippen LogP contribution >= 0.6 is 24.8 Å². The van der Waals surface area contributed by atoms with Gasteiger partial charge >= 0.3 is 259 Å². The molecule has 1 aliphatic heterocycles. The summed E-state index contributed by atoms with van der Waals surface area (Å²) in [5.74, 6) is 0. The van der Waals surface area contributed by atoms with Gasteiger partial charge in [-0.15, -0.1) is 24.8 Å². The van der Waals surface area contributed by atoms with Crippen LogP contribution in [0, 0.1) is 0 Å². The molecule has 1 saturated heterocycles. The van der Waals surface area contributed by atoms with Gasteiger partial charge in [0.15, 0.2) is 0 Å². The van der Waals surface area contributed by atoms with E-state index in [0.29, 0.717) is 7.35 Å². The SMILES string of the molecule is CCC1=Cc2c(-c3ccc(CC)cc3)cccc2[CH]1[Hf]1([CH]2C(CC)=Cc3c(-c4ccc(CC)cc4)cccc32)[CH2]C[CH2]1.Cl.Cl. The Labute approximate surface area is 282 Å². The van der Waals surface area contributed by atoms with Gasteiger partial charge in [0, 0.05) is 0 Å². The van der Waals surface area contributed by atoms with Gasteiger partial charge in [-0.05, 0) is 0 Å². The molecule has 0 amide bonds. The van der Waals surface area contributed by atoms with Crippen molar-refractivity contribution in [2.45, 2.75) is 75.5 Å². The van der Waals surface area contributed by atoms with E-state index in [-0.39, 0.29) is 24.8 Å². The molecule has 4 aromatic carbocycles. The summed E-state index contributed by atoms with van der Waals surface area (Å²) in [5.41, 5.74) is 18.3. The van der Waals surface area contributed by atoms with Crippen LogP contribution in [-0.2, 0) is 32.8 Å². The number of hydrogen-bond donors (Lipinski definition) is 0. The molecule has 228 valence electrons. The Balaban J connectivity index is 0.00000192. The molecule has 1 heterocycles. The van der Waals surface area contributed by atoms with Gasteiger partial charge in [-0.1, -0.05) is 0 Å². The Morgan fingerprint density at radius 3 is 1.25 bits per heavy atom. The molecule has 3 aliphatic rings. The first-order valence-corrected chi connectivity index (χ1v) is 25.7. The fraction of sp³-hybridized carbons (Fsp3) is 0.317. The zero-order chi connectivity index (χ0) is 28.8. The Kier molecular flexibility index (Phi) is 10.3. The van der Waals surface area contributed by atoms with Gasteiger partial charge in [0.2, 0.25) is 0 Å². The topological polar surface area (TPSA) is 0 Å². The molecule has 0 spiro atoms. The summed E-state index contributed by atoms with van der Waals surface area (Å²) in [6.45, 7) is 9.31. The molecule has 4 aromatic rings. The van der Waals surface area contributed by atoms with Crippen molar-refractivity contribution in [1.29, 1.82) is 0 Å². The normalized spacial score (nSPS) is 19.1. The van der Waals surface area contributed by atoms with Gasteiger partial charge in [0.25, 0.3) is 0 Å². The Bertz CT molecular complexity index is 1570. The predicted molar refractivity (Wildman–Crippen MR) is 193 cm³/mol. The zero-order valence-corrected chi connectivity index (χ0v) is 31.9. The second kappa shape index (κ2) is 13.7. The Hall–Kier alpha value is -2.19. The van der Waals surface area contributed by atoms with Crippen molar-refractivity contribution >= 4 is 37.0 Å². The standard InChI is InChI=1S/2C19H19.C3H6.2ClH.Hf/c2*1-3-14-8-10-16(11-9-14)18-7-5-6-17-12-15(4-2)13-19(17)18;1-3-2;;;/h2*5-13H,3-4H2,1-2H3;1-3H2;2*1H;. The molecule has 2 atom stereocenters. The molecule has 0 nitrogen and oxygen atoms in total. The summed E-state index contributed by atoms with van der Waals surface area (Å²) in [6, 6.07) is 33.2. The third kappa shape index (κ3) is 5.36. The van der Waals surface area contributed by atoms with E-state index in [1.54, 1.807) is 22.3 Å². The van der Waals surface area contributed by atoms with Crippen LogP contribution in [0.4, 0.5) is 0 Å². The quantitative estimate of drug-likeness (QED) is 0.156. The molecule has 3 heteroatoms. The maximum atomic E-state index is 2.64. The van der Waals surface area contributed by atoms with Crippen molar-refractivity contribution < 1.29 is 20.0 Å². The number of hydrogen-bond acceptors (Lipinski definition) is 0. The van der Waals surface area contributed by atoms with E-state index in [9.17, 15) is 0 Å². The van der Waals surface area contributed by atoms with Gasteiger partial charge in [-0.2, -0.15) is 0 Å². The van der Waals surface area contributed by atoms with Crippen LogP contribution in [0.5, 0.6) is 0 Å². The van der Waals surface area contributed by atoms with Crippen molar-refractivity contribution in [1.82, 2.24) is 0 Å². The Morgan fingerprint density at radius 1 is 0.523 bits per heavy atom. The van der Waals surface area contributed by atoms with E-state index in [1.807, 2.05) is 0 Å². The molecule has 7 rings (SSSR count). The van der Waals surface area contributed by atoms with Crippen LogP contribution < -0.4 is 0 Å². The van der Waals surface area contributed by atoms with E-state index in [1.165, 1.54) is 72.1 Å². The average Bonchev–Trinajstić information content (AvgIpc) is 3.60. The number of rotatable bonds is 8. The second-order valence-electron chi connectivity index (χ2n) is 12.8. The van der Waals surface area contributed by atoms with Crippen molar-refractivity contribution in [3.05, 3.63) is 129 Å². The maximum absolute atomic E-state index is 2.97. The van der Waals surface area contributed by atoms with Crippen molar-refractivity contribution in [3.8, 4) is 22.3 Å². The summed E-state index contributed by atoms with van der Waals surface area (Å²) in [7, 11) is 0. The minimum Gasteiger partial charge on any atom is -0.147 e. The van der Waals surface area contributed by atoms with Crippen LogP contribution in [-0.4, -0.2) is 0 Å².